The van der Waals surface area contributed by atoms with Crippen molar-refractivity contribution in [1.29, 1.82) is 0 Å². The van der Waals surface area contributed by atoms with Gasteiger partial charge in [-0.3, -0.25) is 0 Å². The number of sulfonamides is 1. The topological polar surface area (TPSA) is 80.8 Å². The van der Waals surface area contributed by atoms with Crippen LogP contribution in [0, 0.1) is 0 Å². The van der Waals surface area contributed by atoms with Crippen LogP contribution in [0.1, 0.15) is 0 Å². The molecule has 3 aromatic rings. The second kappa shape index (κ2) is 10.6. The Kier molecular flexibility index (Phi) is 7.94. The van der Waals surface area contributed by atoms with Crippen LogP contribution in [0.3, 0.4) is 0 Å². The second-order valence-electron chi connectivity index (χ2n) is 6.44. The van der Waals surface area contributed by atoms with E-state index in [1.807, 2.05) is 35.7 Å². The van der Waals surface area contributed by atoms with Crippen molar-refractivity contribution < 1.29 is 17.9 Å². The van der Waals surface area contributed by atoms with E-state index in [1.165, 1.54) is 15.6 Å². The van der Waals surface area contributed by atoms with Crippen molar-refractivity contribution in [2.45, 2.75) is 4.90 Å². The highest BCUT2D eigenvalue weighted by Crippen LogP contribution is 2.28. The van der Waals surface area contributed by atoms with Gasteiger partial charge >= 0.3 is 0 Å². The lowest BCUT2D eigenvalue weighted by Gasteiger charge is -2.21. The molecular weight excluding hydrogens is 422 g/mol. The lowest BCUT2D eigenvalue weighted by molar-refractivity contribution is 0.150. The molecule has 0 atom stereocenters. The quantitative estimate of drug-likeness (QED) is 0.481. The highest BCUT2D eigenvalue weighted by atomic mass is 32.2. The number of thiazole rings is 1. The SMILES string of the molecule is COCCN(CCOC)S(=O)(=O)c1ccc(-c2csc(Nc3ccccc3)n2)cc1. The summed E-state index contributed by atoms with van der Waals surface area (Å²) in [5, 5.41) is 5.98. The summed E-state index contributed by atoms with van der Waals surface area (Å²) in [5.41, 5.74) is 2.61. The van der Waals surface area contributed by atoms with Gasteiger partial charge in [-0.2, -0.15) is 4.31 Å². The van der Waals surface area contributed by atoms with Crippen LogP contribution < -0.4 is 5.32 Å². The van der Waals surface area contributed by atoms with E-state index in [4.69, 9.17) is 9.47 Å². The number of benzene rings is 2. The van der Waals surface area contributed by atoms with Gasteiger partial charge in [0.1, 0.15) is 0 Å². The Labute approximate surface area is 181 Å². The number of rotatable bonds is 11. The van der Waals surface area contributed by atoms with Crippen LogP contribution in [0.2, 0.25) is 0 Å². The molecule has 0 bridgehead atoms. The Balaban J connectivity index is 1.75. The average Bonchev–Trinajstić information content (AvgIpc) is 3.23. The third-order valence-electron chi connectivity index (χ3n) is 4.41. The molecule has 0 radical (unpaired) electrons. The van der Waals surface area contributed by atoms with Crippen molar-refractivity contribution >= 4 is 32.2 Å². The van der Waals surface area contributed by atoms with Gasteiger partial charge in [0.05, 0.1) is 23.8 Å². The molecule has 1 aromatic heterocycles. The van der Waals surface area contributed by atoms with E-state index in [0.717, 1.165) is 22.1 Å². The number of aromatic nitrogens is 1. The first-order valence-electron chi connectivity index (χ1n) is 9.40. The Morgan fingerprint density at radius 2 is 1.60 bits per heavy atom. The number of nitrogens with zero attached hydrogens (tertiary/aromatic N) is 2. The first-order valence-corrected chi connectivity index (χ1v) is 11.7. The maximum absolute atomic E-state index is 13.0. The van der Waals surface area contributed by atoms with E-state index >= 15 is 0 Å². The van der Waals surface area contributed by atoms with Crippen molar-refractivity contribution in [2.75, 3.05) is 45.8 Å². The zero-order valence-electron chi connectivity index (χ0n) is 16.9. The Morgan fingerprint density at radius 1 is 0.967 bits per heavy atom. The number of nitrogens with one attached hydrogen (secondary N) is 1. The van der Waals surface area contributed by atoms with Crippen molar-refractivity contribution in [3.8, 4) is 11.3 Å². The first-order chi connectivity index (χ1) is 14.5. The molecule has 9 heteroatoms. The number of anilines is 2. The van der Waals surface area contributed by atoms with Crippen LogP contribution in [0.25, 0.3) is 11.3 Å². The summed E-state index contributed by atoms with van der Waals surface area (Å²) in [6, 6.07) is 16.6. The summed E-state index contributed by atoms with van der Waals surface area (Å²) in [4.78, 5) is 4.83. The molecule has 0 aliphatic rings. The van der Waals surface area contributed by atoms with Crippen LogP contribution in [0.4, 0.5) is 10.8 Å². The molecule has 0 fully saturated rings. The Hall–Kier alpha value is -2.30. The summed E-state index contributed by atoms with van der Waals surface area (Å²) in [5.74, 6) is 0. The molecule has 0 aliphatic carbocycles. The number of methoxy groups -OCH3 is 2. The van der Waals surface area contributed by atoms with Crippen LogP contribution in [0.5, 0.6) is 0 Å². The zero-order valence-corrected chi connectivity index (χ0v) is 18.6. The molecule has 160 valence electrons. The van der Waals surface area contributed by atoms with Gasteiger partial charge in [-0.15, -0.1) is 11.3 Å². The van der Waals surface area contributed by atoms with Crippen LogP contribution in [-0.4, -0.2) is 58.2 Å². The number of para-hydroxylation sites is 1. The fourth-order valence-corrected chi connectivity index (χ4v) is 4.94. The van der Waals surface area contributed by atoms with Crippen LogP contribution >= 0.6 is 11.3 Å². The highest BCUT2D eigenvalue weighted by molar-refractivity contribution is 7.89. The molecule has 30 heavy (non-hydrogen) atoms. The summed E-state index contributed by atoms with van der Waals surface area (Å²) >= 11 is 1.50. The summed E-state index contributed by atoms with van der Waals surface area (Å²) in [6.07, 6.45) is 0. The van der Waals surface area contributed by atoms with Crippen molar-refractivity contribution in [3.05, 3.63) is 60.0 Å². The van der Waals surface area contributed by atoms with Gasteiger partial charge in [0.2, 0.25) is 10.0 Å². The molecule has 0 spiro atoms. The van der Waals surface area contributed by atoms with E-state index in [1.54, 1.807) is 38.5 Å². The van der Waals surface area contributed by atoms with Crippen molar-refractivity contribution in [3.63, 3.8) is 0 Å². The normalized spacial score (nSPS) is 11.7. The molecular formula is C21H25N3O4S2. The van der Waals surface area contributed by atoms with E-state index in [-0.39, 0.29) is 18.0 Å². The lowest BCUT2D eigenvalue weighted by atomic mass is 10.2. The Bertz CT molecular complexity index is 1010. The monoisotopic (exact) mass is 447 g/mol. The number of hydrogen-bond acceptors (Lipinski definition) is 7. The molecule has 0 amide bonds. The maximum Gasteiger partial charge on any atom is 0.243 e. The fourth-order valence-electron chi connectivity index (χ4n) is 2.79. The van der Waals surface area contributed by atoms with Crippen LogP contribution in [-0.2, 0) is 19.5 Å². The standard InChI is InChI=1S/C21H25N3O4S2/c1-27-14-12-24(13-15-28-2)30(25,26)19-10-8-17(9-11-19)20-16-29-21(23-20)22-18-6-4-3-5-7-18/h3-11,16H,12-15H2,1-2H3,(H,22,23). The van der Waals surface area contributed by atoms with Crippen molar-refractivity contribution in [2.24, 2.45) is 0 Å². The molecule has 0 aliphatic heterocycles. The summed E-state index contributed by atoms with van der Waals surface area (Å²) < 4.78 is 37.4. The molecule has 0 saturated heterocycles. The number of ether oxygens (including phenoxy) is 2. The van der Waals surface area contributed by atoms with Gasteiger partial charge in [0.25, 0.3) is 0 Å². The Morgan fingerprint density at radius 3 is 2.20 bits per heavy atom. The van der Waals surface area contributed by atoms with Crippen molar-refractivity contribution in [1.82, 2.24) is 9.29 Å². The predicted octanol–water partition coefficient (Wildman–Crippen LogP) is 3.84. The zero-order chi connectivity index (χ0) is 21.4. The van der Waals surface area contributed by atoms with E-state index < -0.39 is 10.0 Å². The van der Waals surface area contributed by atoms with E-state index in [2.05, 4.69) is 10.3 Å². The van der Waals surface area contributed by atoms with Gasteiger partial charge in [0.15, 0.2) is 5.13 Å². The number of hydrogen-bond donors (Lipinski definition) is 1. The minimum absolute atomic E-state index is 0.233. The highest BCUT2D eigenvalue weighted by Gasteiger charge is 2.24. The first kappa shape index (κ1) is 22.4. The lowest BCUT2D eigenvalue weighted by Crippen LogP contribution is -2.36. The molecule has 3 rings (SSSR count). The maximum atomic E-state index is 13.0. The van der Waals surface area contributed by atoms with E-state index in [0.29, 0.717) is 13.2 Å². The van der Waals surface area contributed by atoms with Gasteiger partial charge in [-0.1, -0.05) is 30.3 Å². The van der Waals surface area contributed by atoms with Gasteiger partial charge in [0, 0.05) is 43.9 Å². The van der Waals surface area contributed by atoms with Crippen LogP contribution in [0.15, 0.2) is 64.9 Å². The second-order valence-corrected chi connectivity index (χ2v) is 9.24. The molecule has 0 unspecified atom stereocenters. The third kappa shape index (κ3) is 5.65. The molecule has 1 N–H and O–H groups in total. The van der Waals surface area contributed by atoms with Gasteiger partial charge < -0.3 is 14.8 Å². The van der Waals surface area contributed by atoms with Gasteiger partial charge in [-0.05, 0) is 24.3 Å². The van der Waals surface area contributed by atoms with Gasteiger partial charge in [-0.25, -0.2) is 13.4 Å². The summed E-state index contributed by atoms with van der Waals surface area (Å²) in [7, 11) is -0.544. The predicted molar refractivity (Wildman–Crippen MR) is 120 cm³/mol. The van der Waals surface area contributed by atoms with E-state index in [9.17, 15) is 8.42 Å². The summed E-state index contributed by atoms with van der Waals surface area (Å²) in [6.45, 7) is 1.17. The fraction of sp³-hybridized carbons (Fsp3) is 0.286. The molecule has 2 aromatic carbocycles. The molecule has 0 saturated carbocycles. The largest absolute Gasteiger partial charge is 0.383 e. The average molecular weight is 448 g/mol. The smallest absolute Gasteiger partial charge is 0.243 e. The molecule has 7 nitrogen and oxygen atoms in total. The minimum Gasteiger partial charge on any atom is -0.383 e. The third-order valence-corrected chi connectivity index (χ3v) is 7.08. The molecule has 1 heterocycles. The minimum atomic E-state index is -3.64.